The van der Waals surface area contributed by atoms with Crippen LogP contribution in [0.1, 0.15) is 11.1 Å². The second kappa shape index (κ2) is 12.1. The number of carbonyl (C=O) groups excluding carboxylic acids is 3. The maximum absolute atomic E-state index is 12.2. The summed E-state index contributed by atoms with van der Waals surface area (Å²) in [5.74, 6) is -2.35. The van der Waals surface area contributed by atoms with Crippen LogP contribution in [0.5, 0.6) is 5.75 Å². The molecule has 0 unspecified atom stereocenters. The monoisotopic (exact) mass is 559 g/mol. The number of benzene rings is 3. The van der Waals surface area contributed by atoms with Crippen molar-refractivity contribution < 1.29 is 19.1 Å². The first-order valence-corrected chi connectivity index (χ1v) is 11.2. The van der Waals surface area contributed by atoms with Gasteiger partial charge in [-0.25, -0.2) is 10.2 Å². The molecule has 0 heterocycles. The van der Waals surface area contributed by atoms with Gasteiger partial charge in [0, 0.05) is 21.8 Å². The number of ether oxygens (including phenoxy) is 1. The molecule has 0 saturated heterocycles. The highest BCUT2D eigenvalue weighted by molar-refractivity contribution is 9.10. The molecular formula is C24H16BrCl2N3O4. The summed E-state index contributed by atoms with van der Waals surface area (Å²) < 4.78 is 6.07. The van der Waals surface area contributed by atoms with Crippen LogP contribution in [0.2, 0.25) is 10.0 Å². The van der Waals surface area contributed by atoms with Gasteiger partial charge in [0.15, 0.2) is 0 Å². The van der Waals surface area contributed by atoms with Crippen LogP contribution >= 0.6 is 39.1 Å². The van der Waals surface area contributed by atoms with Crippen molar-refractivity contribution in [3.63, 3.8) is 0 Å². The van der Waals surface area contributed by atoms with Gasteiger partial charge in [-0.3, -0.25) is 9.59 Å². The number of amides is 2. The van der Waals surface area contributed by atoms with Gasteiger partial charge in [0.05, 0.1) is 16.3 Å². The molecule has 10 heteroatoms. The molecule has 2 amide bonds. The van der Waals surface area contributed by atoms with Crippen LogP contribution in [-0.4, -0.2) is 24.0 Å². The van der Waals surface area contributed by atoms with Crippen molar-refractivity contribution in [1.29, 1.82) is 0 Å². The second-order valence-corrected chi connectivity index (χ2v) is 8.36. The lowest BCUT2D eigenvalue weighted by Gasteiger charge is -2.07. The number of rotatable bonds is 6. The molecule has 172 valence electrons. The molecule has 0 fully saturated rings. The summed E-state index contributed by atoms with van der Waals surface area (Å²) >= 11 is 15.0. The average molecular weight is 561 g/mol. The van der Waals surface area contributed by atoms with E-state index in [-0.39, 0.29) is 10.8 Å². The van der Waals surface area contributed by atoms with E-state index in [1.54, 1.807) is 24.3 Å². The molecule has 7 nitrogen and oxygen atoms in total. The molecule has 0 atom stereocenters. The number of nitrogens with one attached hydrogen (secondary N) is 2. The molecule has 2 N–H and O–H groups in total. The van der Waals surface area contributed by atoms with Crippen molar-refractivity contribution in [2.45, 2.75) is 0 Å². The van der Waals surface area contributed by atoms with Gasteiger partial charge in [-0.2, -0.15) is 5.10 Å². The number of esters is 1. The summed E-state index contributed by atoms with van der Waals surface area (Å²) in [7, 11) is 0. The zero-order valence-electron chi connectivity index (χ0n) is 17.3. The lowest BCUT2D eigenvalue weighted by molar-refractivity contribution is -0.136. The molecule has 3 aromatic carbocycles. The van der Waals surface area contributed by atoms with E-state index in [1.165, 1.54) is 30.5 Å². The Morgan fingerprint density at radius 1 is 0.912 bits per heavy atom. The van der Waals surface area contributed by atoms with Gasteiger partial charge in [-0.05, 0) is 48.0 Å². The van der Waals surface area contributed by atoms with Gasteiger partial charge in [0.25, 0.3) is 0 Å². The van der Waals surface area contributed by atoms with E-state index in [1.807, 2.05) is 30.3 Å². The van der Waals surface area contributed by atoms with Gasteiger partial charge < -0.3 is 10.1 Å². The number of anilines is 1. The molecule has 0 aromatic heterocycles. The van der Waals surface area contributed by atoms with Crippen LogP contribution in [0.15, 0.2) is 82.4 Å². The van der Waals surface area contributed by atoms with E-state index >= 15 is 0 Å². The molecule has 0 radical (unpaired) electrons. The largest absolute Gasteiger partial charge is 0.423 e. The van der Waals surface area contributed by atoms with Crippen molar-refractivity contribution in [1.82, 2.24) is 5.43 Å². The van der Waals surface area contributed by atoms with Crippen molar-refractivity contribution in [2.75, 3.05) is 5.32 Å². The number of hydrogen-bond donors (Lipinski definition) is 2. The highest BCUT2D eigenvalue weighted by atomic mass is 79.9. The molecule has 0 spiro atoms. The summed E-state index contributed by atoms with van der Waals surface area (Å²) in [4.78, 5) is 36.3. The van der Waals surface area contributed by atoms with Crippen LogP contribution in [0.4, 0.5) is 5.69 Å². The zero-order valence-corrected chi connectivity index (χ0v) is 20.4. The molecule has 0 saturated carbocycles. The minimum absolute atomic E-state index is 0.212. The van der Waals surface area contributed by atoms with E-state index in [4.69, 9.17) is 27.9 Å². The first kappa shape index (κ1) is 25.2. The van der Waals surface area contributed by atoms with E-state index in [9.17, 15) is 14.4 Å². The fourth-order valence-corrected chi connectivity index (χ4v) is 3.23. The Morgan fingerprint density at radius 3 is 2.41 bits per heavy atom. The number of hydrogen-bond acceptors (Lipinski definition) is 5. The Morgan fingerprint density at radius 2 is 1.68 bits per heavy atom. The van der Waals surface area contributed by atoms with Crippen LogP contribution in [-0.2, 0) is 14.4 Å². The summed E-state index contributed by atoms with van der Waals surface area (Å²) in [5.41, 5.74) is 3.64. The third-order valence-electron chi connectivity index (χ3n) is 4.15. The molecule has 0 bridgehead atoms. The Hall–Kier alpha value is -3.46. The summed E-state index contributed by atoms with van der Waals surface area (Å²) in [6.07, 6.45) is 4.17. The maximum atomic E-state index is 12.2. The topological polar surface area (TPSA) is 96.9 Å². The number of halogens is 3. The molecule has 0 aliphatic rings. The summed E-state index contributed by atoms with van der Waals surface area (Å²) in [6, 6.07) is 18.6. The SMILES string of the molecule is O=C(C=Cc1ccccc1)Oc1ccc(Br)cc1C=NNC(=O)C(=O)Nc1ccc(Cl)c(Cl)c1. The van der Waals surface area contributed by atoms with Gasteiger partial charge >= 0.3 is 17.8 Å². The van der Waals surface area contributed by atoms with Crippen molar-refractivity contribution >= 4 is 74.9 Å². The smallest absolute Gasteiger partial charge is 0.336 e. The number of nitrogens with zero attached hydrogens (tertiary/aromatic N) is 1. The first-order chi connectivity index (χ1) is 16.3. The standard InChI is InChI=1S/C24H16BrCl2N3O4/c25-17-7-10-21(34-22(31)11-6-15-4-2-1-3-5-15)16(12-17)14-28-30-24(33)23(32)29-18-8-9-19(26)20(27)13-18/h1-14H,(H,29,32)(H,30,33). The maximum Gasteiger partial charge on any atom is 0.336 e. The van der Waals surface area contributed by atoms with E-state index < -0.39 is 17.8 Å². The third kappa shape index (κ3) is 7.55. The second-order valence-electron chi connectivity index (χ2n) is 6.63. The van der Waals surface area contributed by atoms with Crippen molar-refractivity contribution in [3.05, 3.63) is 98.5 Å². The normalized spacial score (nSPS) is 10.9. The molecular weight excluding hydrogens is 545 g/mol. The van der Waals surface area contributed by atoms with Gasteiger partial charge in [-0.1, -0.05) is 69.5 Å². The highest BCUT2D eigenvalue weighted by Gasteiger charge is 2.14. The highest BCUT2D eigenvalue weighted by Crippen LogP contribution is 2.25. The number of hydrazone groups is 1. The zero-order chi connectivity index (χ0) is 24.5. The first-order valence-electron chi connectivity index (χ1n) is 9.66. The minimum Gasteiger partial charge on any atom is -0.423 e. The lowest BCUT2D eigenvalue weighted by atomic mass is 10.2. The van der Waals surface area contributed by atoms with E-state index in [2.05, 4.69) is 31.8 Å². The van der Waals surface area contributed by atoms with Crippen LogP contribution < -0.4 is 15.5 Å². The Balaban J connectivity index is 1.62. The van der Waals surface area contributed by atoms with E-state index in [0.717, 1.165) is 5.56 Å². The van der Waals surface area contributed by atoms with Crippen molar-refractivity contribution in [3.8, 4) is 5.75 Å². The van der Waals surface area contributed by atoms with Gasteiger partial charge in [0.1, 0.15) is 5.75 Å². The van der Waals surface area contributed by atoms with Crippen LogP contribution in [0.25, 0.3) is 6.08 Å². The minimum atomic E-state index is -1.01. The van der Waals surface area contributed by atoms with Gasteiger partial charge in [0.2, 0.25) is 0 Å². The Labute approximate surface area is 213 Å². The van der Waals surface area contributed by atoms with Crippen molar-refractivity contribution in [2.24, 2.45) is 5.10 Å². The summed E-state index contributed by atoms with van der Waals surface area (Å²) in [5, 5.41) is 6.70. The molecule has 3 aromatic rings. The summed E-state index contributed by atoms with van der Waals surface area (Å²) in [6.45, 7) is 0. The molecule has 0 aliphatic heterocycles. The van der Waals surface area contributed by atoms with Crippen LogP contribution in [0.3, 0.4) is 0 Å². The van der Waals surface area contributed by atoms with Crippen LogP contribution in [0, 0.1) is 0 Å². The fraction of sp³-hybridized carbons (Fsp3) is 0. The van der Waals surface area contributed by atoms with E-state index in [0.29, 0.717) is 20.7 Å². The average Bonchev–Trinajstić information content (AvgIpc) is 2.82. The predicted octanol–water partition coefficient (Wildman–Crippen LogP) is 5.46. The number of carbonyl (C=O) groups is 3. The lowest BCUT2D eigenvalue weighted by Crippen LogP contribution is -2.32. The molecule has 0 aliphatic carbocycles. The quantitative estimate of drug-likeness (QED) is 0.104. The fourth-order valence-electron chi connectivity index (χ4n) is 2.56. The molecule has 34 heavy (non-hydrogen) atoms. The molecule has 3 rings (SSSR count). The van der Waals surface area contributed by atoms with Gasteiger partial charge in [-0.15, -0.1) is 0 Å². The Bertz CT molecular complexity index is 1280. The Kier molecular flexibility index (Phi) is 8.98. The third-order valence-corrected chi connectivity index (χ3v) is 5.38. The predicted molar refractivity (Wildman–Crippen MR) is 136 cm³/mol.